The van der Waals surface area contributed by atoms with Crippen molar-refractivity contribution < 1.29 is 9.53 Å². The number of hydrogen-bond acceptors (Lipinski definition) is 3. The van der Waals surface area contributed by atoms with Gasteiger partial charge in [-0.3, -0.25) is 10.2 Å². The van der Waals surface area contributed by atoms with Gasteiger partial charge in [0, 0.05) is 11.3 Å². The normalized spacial score (nSPS) is 17.0. The van der Waals surface area contributed by atoms with Gasteiger partial charge in [-0.05, 0) is 49.9 Å². The highest BCUT2D eigenvalue weighted by molar-refractivity contribution is 5.94. The molecule has 0 atom stereocenters. The number of carbonyl (C=O) groups is 1. The van der Waals surface area contributed by atoms with Crippen LogP contribution in [0.25, 0.3) is 0 Å². The van der Waals surface area contributed by atoms with E-state index in [4.69, 9.17) is 4.74 Å². The summed E-state index contributed by atoms with van der Waals surface area (Å²) in [6.45, 7) is 0. The minimum atomic E-state index is -0.121. The van der Waals surface area contributed by atoms with Crippen molar-refractivity contribution in [1.29, 1.82) is 0 Å². The molecular weight excluding hydrogens is 300 g/mol. The monoisotopic (exact) mass is 330 g/mol. The largest absolute Gasteiger partial charge is 0.497 e. The maximum Gasteiger partial charge on any atom is 0.269 e. The second kappa shape index (κ2) is 10.7. The second-order valence-corrected chi connectivity index (χ2v) is 6.40. The first-order valence-electron chi connectivity index (χ1n) is 9.19. The van der Waals surface area contributed by atoms with Gasteiger partial charge in [0.15, 0.2) is 0 Å². The Morgan fingerprint density at radius 3 is 2.21 bits per heavy atom. The van der Waals surface area contributed by atoms with Gasteiger partial charge < -0.3 is 10.2 Å². The van der Waals surface area contributed by atoms with E-state index in [1.165, 1.54) is 51.4 Å². The van der Waals surface area contributed by atoms with Gasteiger partial charge in [0.05, 0.1) is 7.11 Å². The van der Waals surface area contributed by atoms with Crippen molar-refractivity contribution in [3.8, 4) is 5.75 Å². The van der Waals surface area contributed by atoms with E-state index in [9.17, 15) is 4.79 Å². The quantitative estimate of drug-likeness (QED) is 0.785. The molecule has 0 unspecified atom stereocenters. The van der Waals surface area contributed by atoms with Crippen molar-refractivity contribution in [2.45, 2.75) is 64.2 Å². The molecule has 1 amide bonds. The van der Waals surface area contributed by atoms with Gasteiger partial charge in [0.25, 0.3) is 5.91 Å². The van der Waals surface area contributed by atoms with Gasteiger partial charge in [-0.1, -0.05) is 44.6 Å². The molecule has 2 rings (SSSR count). The molecule has 0 bridgehead atoms. The van der Waals surface area contributed by atoms with Crippen LogP contribution >= 0.6 is 0 Å². The highest BCUT2D eigenvalue weighted by atomic mass is 16.5. The van der Waals surface area contributed by atoms with E-state index in [0.717, 1.165) is 24.3 Å². The maximum absolute atomic E-state index is 12.2. The molecule has 0 saturated heterocycles. The third-order valence-corrected chi connectivity index (χ3v) is 4.48. The van der Waals surface area contributed by atoms with Gasteiger partial charge in [0.1, 0.15) is 5.75 Å². The number of carbonyl (C=O) groups excluding carboxylic acids is 1. The lowest BCUT2D eigenvalue weighted by Gasteiger charge is -2.14. The summed E-state index contributed by atoms with van der Waals surface area (Å²) in [7, 11) is 1.62. The van der Waals surface area contributed by atoms with Gasteiger partial charge >= 0.3 is 0 Å². The average Bonchev–Trinajstić information content (AvgIpc) is 2.61. The fourth-order valence-electron chi connectivity index (χ4n) is 2.96. The molecule has 24 heavy (non-hydrogen) atoms. The van der Waals surface area contributed by atoms with Crippen molar-refractivity contribution >= 4 is 5.91 Å². The third kappa shape index (κ3) is 6.65. The van der Waals surface area contributed by atoms with Crippen molar-refractivity contribution in [1.82, 2.24) is 10.9 Å². The zero-order valence-corrected chi connectivity index (χ0v) is 14.8. The Morgan fingerprint density at radius 1 is 0.917 bits per heavy atom. The number of allylic oxidation sites excluding steroid dienone is 2. The number of hydrogen-bond donors (Lipinski definition) is 2. The lowest BCUT2D eigenvalue weighted by molar-refractivity contribution is 0.0938. The van der Waals surface area contributed by atoms with Gasteiger partial charge in [-0.15, -0.1) is 0 Å². The summed E-state index contributed by atoms with van der Waals surface area (Å²) >= 11 is 0. The van der Waals surface area contributed by atoms with Crippen molar-refractivity contribution in [3.63, 3.8) is 0 Å². The SMILES string of the molecule is COc1ccc(C(=O)NNC2=CCCCCCCCCCC2)cc1. The van der Waals surface area contributed by atoms with Crippen LogP contribution in [0.5, 0.6) is 5.75 Å². The molecule has 0 aromatic heterocycles. The van der Waals surface area contributed by atoms with Gasteiger partial charge in [0.2, 0.25) is 0 Å². The van der Waals surface area contributed by atoms with E-state index in [1.807, 2.05) is 0 Å². The Bertz CT molecular complexity index is 523. The topological polar surface area (TPSA) is 50.4 Å². The smallest absolute Gasteiger partial charge is 0.269 e. The molecule has 1 aliphatic rings. The van der Waals surface area contributed by atoms with Crippen LogP contribution in [-0.2, 0) is 0 Å². The molecule has 0 fully saturated rings. The number of benzene rings is 1. The van der Waals surface area contributed by atoms with E-state index in [1.54, 1.807) is 31.4 Å². The zero-order valence-electron chi connectivity index (χ0n) is 14.8. The van der Waals surface area contributed by atoms with Crippen LogP contribution < -0.4 is 15.6 Å². The van der Waals surface area contributed by atoms with E-state index in [-0.39, 0.29) is 5.91 Å². The molecule has 0 saturated carbocycles. The van der Waals surface area contributed by atoms with E-state index < -0.39 is 0 Å². The predicted molar refractivity (Wildman–Crippen MR) is 97.8 cm³/mol. The van der Waals surface area contributed by atoms with E-state index in [0.29, 0.717) is 5.56 Å². The predicted octanol–water partition coefficient (Wildman–Crippen LogP) is 4.73. The Morgan fingerprint density at radius 2 is 1.54 bits per heavy atom. The van der Waals surface area contributed by atoms with Crippen molar-refractivity contribution in [3.05, 3.63) is 41.6 Å². The second-order valence-electron chi connectivity index (χ2n) is 6.40. The Balaban J connectivity index is 1.84. The van der Waals surface area contributed by atoms with Crippen molar-refractivity contribution in [2.75, 3.05) is 7.11 Å². The first-order chi connectivity index (χ1) is 11.8. The number of nitrogens with one attached hydrogen (secondary N) is 2. The van der Waals surface area contributed by atoms with Crippen molar-refractivity contribution in [2.24, 2.45) is 0 Å². The third-order valence-electron chi connectivity index (χ3n) is 4.48. The molecule has 0 spiro atoms. The average molecular weight is 330 g/mol. The molecule has 1 aliphatic carbocycles. The highest BCUT2D eigenvalue weighted by Crippen LogP contribution is 2.15. The number of amides is 1. The highest BCUT2D eigenvalue weighted by Gasteiger charge is 2.06. The summed E-state index contributed by atoms with van der Waals surface area (Å²) in [4.78, 5) is 12.2. The Kier molecular flexibility index (Phi) is 8.22. The fourth-order valence-corrected chi connectivity index (χ4v) is 2.96. The minimum absolute atomic E-state index is 0.121. The molecule has 132 valence electrons. The van der Waals surface area contributed by atoms with Crippen LogP contribution in [0.2, 0.25) is 0 Å². The van der Waals surface area contributed by atoms with E-state index >= 15 is 0 Å². The van der Waals surface area contributed by atoms with Crippen LogP contribution in [0, 0.1) is 0 Å². The fraction of sp³-hybridized carbons (Fsp3) is 0.550. The summed E-state index contributed by atoms with van der Waals surface area (Å²) in [5.74, 6) is 0.631. The minimum Gasteiger partial charge on any atom is -0.497 e. The first kappa shape index (κ1) is 18.4. The molecule has 4 nitrogen and oxygen atoms in total. The molecule has 0 heterocycles. The number of methoxy groups -OCH3 is 1. The molecule has 4 heteroatoms. The zero-order chi connectivity index (χ0) is 17.0. The van der Waals surface area contributed by atoms with Crippen LogP contribution in [-0.4, -0.2) is 13.0 Å². The summed E-state index contributed by atoms with van der Waals surface area (Å²) in [6.07, 6.45) is 14.7. The van der Waals surface area contributed by atoms with Gasteiger partial charge in [-0.2, -0.15) is 0 Å². The number of ether oxygens (including phenoxy) is 1. The van der Waals surface area contributed by atoms with Gasteiger partial charge in [-0.25, -0.2) is 0 Å². The lowest BCUT2D eigenvalue weighted by atomic mass is 10.0. The summed E-state index contributed by atoms with van der Waals surface area (Å²) < 4.78 is 5.11. The molecular formula is C20H30N2O2. The summed E-state index contributed by atoms with van der Waals surface area (Å²) in [5, 5.41) is 0. The van der Waals surface area contributed by atoms with Crippen LogP contribution in [0.4, 0.5) is 0 Å². The summed E-state index contributed by atoms with van der Waals surface area (Å²) in [6, 6.07) is 7.13. The van der Waals surface area contributed by atoms with Crippen LogP contribution in [0.3, 0.4) is 0 Å². The molecule has 1 aromatic rings. The van der Waals surface area contributed by atoms with Crippen LogP contribution in [0.1, 0.15) is 74.6 Å². The number of hydrazine groups is 1. The molecule has 2 N–H and O–H groups in total. The number of rotatable bonds is 4. The lowest BCUT2D eigenvalue weighted by Crippen LogP contribution is -2.36. The standard InChI is InChI=1S/C20H30N2O2/c1-24-19-15-13-17(14-16-19)20(23)22-21-18-11-9-7-5-3-2-4-6-8-10-12-18/h11,13-16,21H,2-10,12H2,1H3,(H,22,23). The Labute approximate surface area is 145 Å². The first-order valence-corrected chi connectivity index (χ1v) is 9.19. The molecule has 1 aromatic carbocycles. The van der Waals surface area contributed by atoms with E-state index in [2.05, 4.69) is 16.9 Å². The molecule has 0 radical (unpaired) electrons. The molecule has 0 aliphatic heterocycles. The summed E-state index contributed by atoms with van der Waals surface area (Å²) in [5.41, 5.74) is 7.71. The maximum atomic E-state index is 12.2. The Hall–Kier alpha value is -1.97. The van der Waals surface area contributed by atoms with Crippen LogP contribution in [0.15, 0.2) is 36.0 Å².